The number of hydrogen-bond donors (Lipinski definition) is 1. The molecule has 4 atom stereocenters. The zero-order chi connectivity index (χ0) is 28.0. The third-order valence-corrected chi connectivity index (χ3v) is 7.95. The van der Waals surface area contributed by atoms with Crippen LogP contribution >= 0.6 is 11.6 Å². The van der Waals surface area contributed by atoms with Crippen molar-refractivity contribution in [1.29, 1.82) is 0 Å². The quantitative estimate of drug-likeness (QED) is 0.374. The summed E-state index contributed by atoms with van der Waals surface area (Å²) in [5, 5.41) is 3.02. The van der Waals surface area contributed by atoms with Crippen molar-refractivity contribution >= 4 is 34.8 Å². The minimum atomic E-state index is -2.82. The molecule has 3 fully saturated rings. The maximum absolute atomic E-state index is 14.5. The van der Waals surface area contributed by atoms with E-state index < -0.39 is 54.9 Å². The molecule has 3 aromatic rings. The Kier molecular flexibility index (Phi) is 6.92. The highest BCUT2D eigenvalue weighted by Gasteiger charge is 2.56. The van der Waals surface area contributed by atoms with Crippen LogP contribution in [-0.4, -0.2) is 47.1 Å². The molecular weight excluding hydrogens is 545 g/mol. The lowest BCUT2D eigenvalue weighted by molar-refractivity contribution is -0.130. The van der Waals surface area contributed by atoms with E-state index in [9.17, 15) is 22.8 Å². The van der Waals surface area contributed by atoms with Crippen LogP contribution in [0.15, 0.2) is 73.1 Å². The van der Waals surface area contributed by atoms with Gasteiger partial charge in [0.2, 0.25) is 11.8 Å². The molecule has 1 saturated carbocycles. The lowest BCUT2D eigenvalue weighted by atomic mass is 9.87. The van der Waals surface area contributed by atoms with E-state index in [1.165, 1.54) is 18.2 Å². The minimum absolute atomic E-state index is 0.0733. The number of nitrogens with one attached hydrogen (secondary N) is 1. The second-order valence-corrected chi connectivity index (χ2v) is 10.8. The summed E-state index contributed by atoms with van der Waals surface area (Å²) < 4.78 is 47.9. The molecule has 0 spiro atoms. The van der Waals surface area contributed by atoms with Crippen LogP contribution in [0.25, 0.3) is 0 Å². The third kappa shape index (κ3) is 5.13. The predicted octanol–water partition coefficient (Wildman–Crippen LogP) is 5.26. The Bertz CT molecular complexity index is 1420. The highest BCUT2D eigenvalue weighted by molar-refractivity contribution is 6.31. The molecule has 2 aromatic carbocycles. The molecule has 0 radical (unpaired) electrons. The van der Waals surface area contributed by atoms with Gasteiger partial charge in [-0.25, -0.2) is 13.2 Å². The number of ether oxygens (including phenoxy) is 1. The Hall–Kier alpha value is -3.63. The average Bonchev–Trinajstić information content (AvgIpc) is 3.59. The largest absolute Gasteiger partial charge is 0.351 e. The molecule has 3 aliphatic rings. The van der Waals surface area contributed by atoms with Crippen LogP contribution in [-0.2, 0) is 14.3 Å². The minimum Gasteiger partial charge on any atom is -0.351 e. The number of hydrogen-bond acceptors (Lipinski definition) is 5. The van der Waals surface area contributed by atoms with E-state index in [1.807, 2.05) is 0 Å². The second kappa shape index (κ2) is 10.4. The van der Waals surface area contributed by atoms with Gasteiger partial charge in [-0.05, 0) is 42.8 Å². The molecule has 4 unspecified atom stereocenters. The van der Waals surface area contributed by atoms with Gasteiger partial charge >= 0.3 is 0 Å². The summed E-state index contributed by atoms with van der Waals surface area (Å²) in [6.07, 6.45) is 1.90. The number of benzene rings is 2. The van der Waals surface area contributed by atoms with E-state index in [2.05, 4.69) is 10.3 Å². The van der Waals surface area contributed by atoms with Gasteiger partial charge < -0.3 is 19.9 Å². The number of epoxide rings is 1. The first kappa shape index (κ1) is 26.6. The molecule has 2 saturated heterocycles. The molecule has 1 aliphatic carbocycles. The number of carbonyl (C=O) groups is 2. The normalized spacial score (nSPS) is 24.4. The smallest absolute Gasteiger partial charge is 0.252 e. The van der Waals surface area contributed by atoms with E-state index in [0.29, 0.717) is 29.8 Å². The van der Waals surface area contributed by atoms with Crippen molar-refractivity contribution in [3.8, 4) is 0 Å². The standard InChI is InChI=1S/C29H26ClF3N4O3/c30-22-9-2-1-8-21(22)25(27(39)35-18-14-29(32,33)15-18)37(19-6-3-5-17(31)13-19)28-26(40-28)23-10-11-24(38)36(23)20-7-4-12-34-16-20/h1-9,12-13,16,18,23,25-26,28H,10-11,14-15H2,(H,35,39). The van der Waals surface area contributed by atoms with Crippen molar-refractivity contribution < 1.29 is 27.5 Å². The Morgan fingerprint density at radius 3 is 2.65 bits per heavy atom. The summed E-state index contributed by atoms with van der Waals surface area (Å²) in [7, 11) is 0. The van der Waals surface area contributed by atoms with Crippen molar-refractivity contribution in [3.05, 3.63) is 89.5 Å². The number of carbonyl (C=O) groups excluding carboxylic acids is 2. The zero-order valence-electron chi connectivity index (χ0n) is 21.2. The molecule has 0 bridgehead atoms. The van der Waals surface area contributed by atoms with E-state index in [-0.39, 0.29) is 17.0 Å². The maximum atomic E-state index is 14.5. The first-order chi connectivity index (χ1) is 19.2. The molecule has 40 heavy (non-hydrogen) atoms. The maximum Gasteiger partial charge on any atom is 0.252 e. The van der Waals surface area contributed by atoms with Crippen LogP contribution < -0.4 is 15.1 Å². The highest BCUT2D eigenvalue weighted by atomic mass is 35.5. The van der Waals surface area contributed by atoms with Crippen molar-refractivity contribution in [2.24, 2.45) is 0 Å². The van der Waals surface area contributed by atoms with Crippen LogP contribution in [0.2, 0.25) is 5.02 Å². The Balaban J connectivity index is 1.37. The fourth-order valence-corrected chi connectivity index (χ4v) is 5.95. The van der Waals surface area contributed by atoms with Gasteiger partial charge in [0.05, 0.1) is 17.9 Å². The number of aromatic nitrogens is 1. The molecular formula is C29H26ClF3N4O3. The molecule has 7 nitrogen and oxygen atoms in total. The molecule has 2 amide bonds. The van der Waals surface area contributed by atoms with Gasteiger partial charge in [0.15, 0.2) is 6.23 Å². The van der Waals surface area contributed by atoms with Crippen LogP contribution in [0.4, 0.5) is 24.5 Å². The van der Waals surface area contributed by atoms with Crippen molar-refractivity contribution in [3.63, 3.8) is 0 Å². The zero-order valence-corrected chi connectivity index (χ0v) is 22.0. The number of amides is 2. The van der Waals surface area contributed by atoms with Crippen molar-refractivity contribution in [2.75, 3.05) is 9.80 Å². The van der Waals surface area contributed by atoms with E-state index in [0.717, 1.165) is 0 Å². The van der Waals surface area contributed by atoms with Gasteiger partial charge in [-0.2, -0.15) is 0 Å². The molecule has 1 N–H and O–H groups in total. The van der Waals surface area contributed by atoms with Crippen molar-refractivity contribution in [1.82, 2.24) is 10.3 Å². The molecule has 3 heterocycles. The Morgan fingerprint density at radius 2 is 1.95 bits per heavy atom. The number of halogens is 4. The van der Waals surface area contributed by atoms with E-state index >= 15 is 0 Å². The van der Waals surface area contributed by atoms with Gasteiger partial charge in [-0.15, -0.1) is 0 Å². The van der Waals surface area contributed by atoms with E-state index in [1.54, 1.807) is 64.7 Å². The summed E-state index contributed by atoms with van der Waals surface area (Å²) in [6, 6.07) is 13.8. The molecule has 2 aliphatic heterocycles. The molecule has 1 aromatic heterocycles. The summed E-state index contributed by atoms with van der Waals surface area (Å²) in [4.78, 5) is 34.1. The lowest BCUT2D eigenvalue weighted by Crippen LogP contribution is -2.54. The van der Waals surface area contributed by atoms with Gasteiger partial charge in [0.25, 0.3) is 5.92 Å². The monoisotopic (exact) mass is 570 g/mol. The first-order valence-electron chi connectivity index (χ1n) is 13.1. The fraction of sp³-hybridized carbons (Fsp3) is 0.345. The van der Waals surface area contributed by atoms with Gasteiger partial charge in [-0.1, -0.05) is 35.9 Å². The SMILES string of the molecule is O=C(NC1CC(F)(F)C1)C(c1ccccc1Cl)N(c1cccc(F)c1)C1OC1C1CCC(=O)N1c1cccnc1. The Labute approximate surface area is 233 Å². The fourth-order valence-electron chi connectivity index (χ4n) is 5.71. The number of alkyl halides is 2. The van der Waals surface area contributed by atoms with Crippen LogP contribution in [0, 0.1) is 5.82 Å². The van der Waals surface area contributed by atoms with Crippen LogP contribution in [0.1, 0.15) is 37.3 Å². The highest BCUT2D eigenvalue weighted by Crippen LogP contribution is 2.45. The summed E-state index contributed by atoms with van der Waals surface area (Å²) >= 11 is 6.57. The summed E-state index contributed by atoms with van der Waals surface area (Å²) in [5.74, 6) is -3.98. The number of rotatable bonds is 8. The molecule has 11 heteroatoms. The van der Waals surface area contributed by atoms with Crippen molar-refractivity contribution in [2.45, 2.75) is 62.1 Å². The van der Waals surface area contributed by atoms with Gasteiger partial charge in [-0.3, -0.25) is 14.6 Å². The van der Waals surface area contributed by atoms with Gasteiger partial charge in [0, 0.05) is 47.8 Å². The van der Waals surface area contributed by atoms with Gasteiger partial charge in [0.1, 0.15) is 18.0 Å². The van der Waals surface area contributed by atoms with Crippen LogP contribution in [0.5, 0.6) is 0 Å². The third-order valence-electron chi connectivity index (χ3n) is 7.60. The number of nitrogens with zero attached hydrogens (tertiary/aromatic N) is 3. The first-order valence-corrected chi connectivity index (χ1v) is 13.4. The summed E-state index contributed by atoms with van der Waals surface area (Å²) in [6.45, 7) is 0. The summed E-state index contributed by atoms with van der Waals surface area (Å²) in [5.41, 5.74) is 1.40. The predicted molar refractivity (Wildman–Crippen MR) is 143 cm³/mol. The number of anilines is 2. The molecule has 208 valence electrons. The number of pyridine rings is 1. The lowest BCUT2D eigenvalue weighted by Gasteiger charge is -2.38. The van der Waals surface area contributed by atoms with E-state index in [4.69, 9.17) is 16.3 Å². The van der Waals surface area contributed by atoms with Crippen LogP contribution in [0.3, 0.4) is 0 Å². The second-order valence-electron chi connectivity index (χ2n) is 10.4. The molecule has 6 rings (SSSR count). The Morgan fingerprint density at radius 1 is 1.15 bits per heavy atom. The average molecular weight is 571 g/mol. The topological polar surface area (TPSA) is 78.1 Å².